The summed E-state index contributed by atoms with van der Waals surface area (Å²) < 4.78 is 10.7. The lowest BCUT2D eigenvalue weighted by molar-refractivity contribution is -0.142. The lowest BCUT2D eigenvalue weighted by Crippen LogP contribution is -2.36. The number of hydrogen-bond donors (Lipinski definition) is 2. The minimum absolute atomic E-state index is 0.259. The molecule has 0 aliphatic carbocycles. The van der Waals surface area contributed by atoms with Crippen molar-refractivity contribution >= 4 is 11.9 Å². The number of hydrogen-bond acceptors (Lipinski definition) is 4. The topological polar surface area (TPSA) is 84.9 Å². The van der Waals surface area contributed by atoms with Gasteiger partial charge in [0.2, 0.25) is 0 Å². The van der Waals surface area contributed by atoms with E-state index in [2.05, 4.69) is 5.32 Å². The van der Waals surface area contributed by atoms with Crippen molar-refractivity contribution < 1.29 is 24.2 Å². The van der Waals surface area contributed by atoms with E-state index in [-0.39, 0.29) is 6.61 Å². The molecule has 1 unspecified atom stereocenters. The summed E-state index contributed by atoms with van der Waals surface area (Å²) in [6.07, 6.45) is 0. The van der Waals surface area contributed by atoms with Crippen LogP contribution in [0.4, 0.5) is 0 Å². The Morgan fingerprint density at radius 2 is 1.65 bits per heavy atom. The zero-order chi connectivity index (χ0) is 19.3. The van der Waals surface area contributed by atoms with E-state index in [9.17, 15) is 14.7 Å². The number of aryl methyl sites for hydroxylation is 3. The lowest BCUT2D eigenvalue weighted by Gasteiger charge is -2.17. The van der Waals surface area contributed by atoms with E-state index in [1.807, 2.05) is 32.9 Å². The highest BCUT2D eigenvalue weighted by atomic mass is 16.5. The maximum atomic E-state index is 12.2. The highest BCUT2D eigenvalue weighted by Crippen LogP contribution is 2.24. The van der Waals surface area contributed by atoms with Crippen molar-refractivity contribution in [1.29, 1.82) is 0 Å². The molecule has 1 atom stereocenters. The second-order valence-corrected chi connectivity index (χ2v) is 6.13. The highest BCUT2D eigenvalue weighted by molar-refractivity contribution is 5.85. The predicted molar refractivity (Wildman–Crippen MR) is 97.7 cm³/mol. The zero-order valence-corrected chi connectivity index (χ0v) is 15.3. The third-order valence-electron chi connectivity index (χ3n) is 3.95. The molecule has 138 valence electrons. The maximum absolute atomic E-state index is 12.2. The Morgan fingerprint density at radius 1 is 1.08 bits per heavy atom. The highest BCUT2D eigenvalue weighted by Gasteiger charge is 2.22. The molecule has 1 amide bonds. The van der Waals surface area contributed by atoms with Crippen LogP contribution in [0.15, 0.2) is 36.4 Å². The van der Waals surface area contributed by atoms with E-state index in [0.29, 0.717) is 17.1 Å². The smallest absolute Gasteiger partial charge is 0.330 e. The van der Waals surface area contributed by atoms with Crippen LogP contribution in [0.5, 0.6) is 11.5 Å². The maximum Gasteiger partial charge on any atom is 0.330 e. The first-order chi connectivity index (χ1) is 12.3. The van der Waals surface area contributed by atoms with Crippen molar-refractivity contribution in [2.45, 2.75) is 26.8 Å². The monoisotopic (exact) mass is 357 g/mol. The summed E-state index contributed by atoms with van der Waals surface area (Å²) in [4.78, 5) is 23.7. The van der Waals surface area contributed by atoms with Gasteiger partial charge in [-0.3, -0.25) is 4.79 Å². The fourth-order valence-electron chi connectivity index (χ4n) is 2.82. The third kappa shape index (κ3) is 4.75. The van der Waals surface area contributed by atoms with Gasteiger partial charge < -0.3 is 19.9 Å². The fourth-order valence-corrected chi connectivity index (χ4v) is 2.82. The van der Waals surface area contributed by atoms with Crippen LogP contribution in [-0.4, -0.2) is 30.7 Å². The number of amides is 1. The van der Waals surface area contributed by atoms with E-state index in [1.165, 1.54) is 7.11 Å². The second-order valence-electron chi connectivity index (χ2n) is 6.13. The van der Waals surface area contributed by atoms with Crippen molar-refractivity contribution in [3.05, 3.63) is 58.7 Å². The normalized spacial score (nSPS) is 11.5. The van der Waals surface area contributed by atoms with Gasteiger partial charge in [-0.2, -0.15) is 0 Å². The Kier molecular flexibility index (Phi) is 6.22. The van der Waals surface area contributed by atoms with Crippen molar-refractivity contribution in [2.75, 3.05) is 13.7 Å². The van der Waals surface area contributed by atoms with Crippen LogP contribution < -0.4 is 14.8 Å². The number of methoxy groups -OCH3 is 1. The van der Waals surface area contributed by atoms with E-state index in [0.717, 1.165) is 16.7 Å². The molecular formula is C20H23NO5. The molecular weight excluding hydrogens is 334 g/mol. The first-order valence-corrected chi connectivity index (χ1v) is 8.18. The number of benzene rings is 2. The average Bonchev–Trinajstić information content (AvgIpc) is 2.58. The number of carboxylic acids is 1. The Morgan fingerprint density at radius 3 is 2.15 bits per heavy atom. The fraction of sp³-hybridized carbons (Fsp3) is 0.300. The van der Waals surface area contributed by atoms with Gasteiger partial charge in [-0.25, -0.2) is 4.79 Å². The minimum atomic E-state index is -1.16. The number of carbonyl (C=O) groups excluding carboxylic acids is 1. The van der Waals surface area contributed by atoms with E-state index >= 15 is 0 Å². The van der Waals surface area contributed by atoms with Gasteiger partial charge in [0.1, 0.15) is 11.5 Å². The summed E-state index contributed by atoms with van der Waals surface area (Å²) in [5.74, 6) is -0.404. The molecule has 0 aliphatic heterocycles. The predicted octanol–water partition coefficient (Wildman–Crippen LogP) is 2.94. The van der Waals surface area contributed by atoms with Crippen LogP contribution in [0.25, 0.3) is 0 Å². The van der Waals surface area contributed by atoms with Gasteiger partial charge in [-0.1, -0.05) is 29.8 Å². The van der Waals surface area contributed by atoms with Crippen LogP contribution in [-0.2, 0) is 9.59 Å². The molecule has 0 radical (unpaired) electrons. The molecule has 2 aromatic rings. The number of aliphatic carboxylic acids is 1. The first kappa shape index (κ1) is 19.3. The molecule has 0 saturated carbocycles. The lowest BCUT2D eigenvalue weighted by atomic mass is 10.1. The molecule has 0 spiro atoms. The number of carbonyl (C=O) groups is 2. The number of nitrogens with one attached hydrogen (secondary N) is 1. The van der Waals surface area contributed by atoms with Crippen molar-refractivity contribution in [3.8, 4) is 11.5 Å². The second kappa shape index (κ2) is 8.38. The van der Waals surface area contributed by atoms with E-state index < -0.39 is 17.9 Å². The van der Waals surface area contributed by atoms with Gasteiger partial charge in [0.05, 0.1) is 7.11 Å². The van der Waals surface area contributed by atoms with Crippen molar-refractivity contribution in [1.82, 2.24) is 5.32 Å². The summed E-state index contributed by atoms with van der Waals surface area (Å²) in [6.45, 7) is 5.54. The van der Waals surface area contributed by atoms with Crippen molar-refractivity contribution in [3.63, 3.8) is 0 Å². The van der Waals surface area contributed by atoms with Gasteiger partial charge in [0, 0.05) is 0 Å². The van der Waals surface area contributed by atoms with Crippen molar-refractivity contribution in [2.24, 2.45) is 0 Å². The summed E-state index contributed by atoms with van der Waals surface area (Å²) in [7, 11) is 1.53. The summed E-state index contributed by atoms with van der Waals surface area (Å²) in [5.41, 5.74) is 3.43. The van der Waals surface area contributed by atoms with E-state index in [4.69, 9.17) is 9.47 Å². The summed E-state index contributed by atoms with van der Waals surface area (Å²) in [6, 6.07) is 9.28. The zero-order valence-electron chi connectivity index (χ0n) is 15.3. The van der Waals surface area contributed by atoms with Crippen LogP contribution in [0.3, 0.4) is 0 Å². The van der Waals surface area contributed by atoms with Gasteiger partial charge in [-0.05, 0) is 49.6 Å². The van der Waals surface area contributed by atoms with Crippen LogP contribution in [0.1, 0.15) is 28.3 Å². The quantitative estimate of drug-likeness (QED) is 0.796. The standard InChI is InChI=1S/C20H23NO5/c1-12-9-13(2)19(14(3)10-12)26-11-17(22)21-18(20(23)24)15-5-7-16(25-4)8-6-15/h5-10,18H,11H2,1-4H3,(H,21,22)(H,23,24). The molecule has 0 aliphatic rings. The molecule has 26 heavy (non-hydrogen) atoms. The molecule has 0 fully saturated rings. The molecule has 2 N–H and O–H groups in total. The first-order valence-electron chi connectivity index (χ1n) is 8.18. The van der Waals surface area contributed by atoms with E-state index in [1.54, 1.807) is 24.3 Å². The number of carboxylic acid groups (broad SMARTS) is 1. The van der Waals surface area contributed by atoms with Gasteiger partial charge in [-0.15, -0.1) is 0 Å². The Balaban J connectivity index is 2.05. The molecule has 0 bridgehead atoms. The van der Waals surface area contributed by atoms with Crippen LogP contribution >= 0.6 is 0 Å². The van der Waals surface area contributed by atoms with Crippen LogP contribution in [0, 0.1) is 20.8 Å². The Labute approximate surface area is 152 Å². The molecule has 0 saturated heterocycles. The Bertz CT molecular complexity index is 775. The molecule has 6 nitrogen and oxygen atoms in total. The number of rotatable bonds is 7. The van der Waals surface area contributed by atoms with Gasteiger partial charge in [0.15, 0.2) is 12.6 Å². The minimum Gasteiger partial charge on any atom is -0.497 e. The molecule has 0 aromatic heterocycles. The molecule has 2 aromatic carbocycles. The molecule has 6 heteroatoms. The summed E-state index contributed by atoms with van der Waals surface area (Å²) in [5, 5.41) is 11.9. The van der Waals surface area contributed by atoms with Gasteiger partial charge in [0.25, 0.3) is 5.91 Å². The Hall–Kier alpha value is -3.02. The molecule has 2 rings (SSSR count). The summed E-state index contributed by atoms with van der Waals surface area (Å²) >= 11 is 0. The van der Waals surface area contributed by atoms with Gasteiger partial charge >= 0.3 is 5.97 Å². The third-order valence-corrected chi connectivity index (χ3v) is 3.95. The number of ether oxygens (including phenoxy) is 2. The largest absolute Gasteiger partial charge is 0.497 e. The molecule has 0 heterocycles. The average molecular weight is 357 g/mol. The van der Waals surface area contributed by atoms with Crippen LogP contribution in [0.2, 0.25) is 0 Å². The SMILES string of the molecule is COc1ccc(C(NC(=O)COc2c(C)cc(C)cc2C)C(=O)O)cc1.